The third kappa shape index (κ3) is 6.02. The van der Waals surface area contributed by atoms with E-state index >= 15 is 0 Å². The van der Waals surface area contributed by atoms with Crippen LogP contribution < -0.4 is 4.90 Å². The van der Waals surface area contributed by atoms with Crippen molar-refractivity contribution >= 4 is 11.8 Å². The molecule has 152 valence electrons. The molecule has 2 nitrogen and oxygen atoms in total. The molecule has 2 heteroatoms. The number of hydrogen-bond acceptors (Lipinski definition) is 2. The molecule has 3 rings (SSSR count). The minimum absolute atomic E-state index is 0.202. The fourth-order valence-corrected chi connectivity index (χ4v) is 3.27. The Morgan fingerprint density at radius 1 is 0.929 bits per heavy atom. The summed E-state index contributed by atoms with van der Waals surface area (Å²) in [5.41, 5.74) is 6.29. The van der Waals surface area contributed by atoms with Crippen LogP contribution in [0.5, 0.6) is 0 Å². The second-order valence-electron chi connectivity index (χ2n) is 7.59. The molecule has 0 N–H and O–H groups in total. The Kier molecular flexibility index (Phi) is 9.58. The Hall–Kier alpha value is -2.48. The van der Waals surface area contributed by atoms with Gasteiger partial charge in [0.15, 0.2) is 0 Å². The van der Waals surface area contributed by atoms with Crippen molar-refractivity contribution in [1.29, 1.82) is 0 Å². The zero-order valence-corrected chi connectivity index (χ0v) is 19.0. The van der Waals surface area contributed by atoms with Gasteiger partial charge in [0.05, 0.1) is 0 Å². The van der Waals surface area contributed by atoms with Gasteiger partial charge in [-0.1, -0.05) is 77.6 Å². The number of nitrogens with zero attached hydrogens (tertiary/aromatic N) is 2. The van der Waals surface area contributed by atoms with E-state index in [9.17, 15) is 0 Å². The Bertz CT molecular complexity index is 733. The predicted octanol–water partition coefficient (Wildman–Crippen LogP) is 7.56. The van der Waals surface area contributed by atoms with Crippen LogP contribution in [0.3, 0.4) is 0 Å². The van der Waals surface area contributed by atoms with E-state index in [1.807, 2.05) is 19.9 Å². The molecular weight excluding hydrogens is 340 g/mol. The average Bonchev–Trinajstić information content (AvgIpc) is 3.04. The summed E-state index contributed by atoms with van der Waals surface area (Å²) < 4.78 is 0. The molecule has 1 unspecified atom stereocenters. The molecule has 0 fully saturated rings. The summed E-state index contributed by atoms with van der Waals surface area (Å²) in [6.07, 6.45) is 6.41. The predicted molar refractivity (Wildman–Crippen MR) is 126 cm³/mol. The minimum atomic E-state index is 0.202. The topological polar surface area (TPSA) is 6.48 Å². The van der Waals surface area contributed by atoms with Gasteiger partial charge in [-0.2, -0.15) is 0 Å². The molecule has 0 bridgehead atoms. The van der Waals surface area contributed by atoms with Crippen molar-refractivity contribution in [1.82, 2.24) is 4.90 Å². The van der Waals surface area contributed by atoms with E-state index in [0.29, 0.717) is 0 Å². The van der Waals surface area contributed by atoms with Gasteiger partial charge in [0.25, 0.3) is 0 Å². The van der Waals surface area contributed by atoms with Gasteiger partial charge in [0, 0.05) is 25.1 Å². The summed E-state index contributed by atoms with van der Waals surface area (Å²) in [4.78, 5) is 4.60. The first kappa shape index (κ1) is 23.6. The molecule has 1 aliphatic heterocycles. The van der Waals surface area contributed by atoms with E-state index in [2.05, 4.69) is 113 Å². The van der Waals surface area contributed by atoms with Gasteiger partial charge in [-0.25, -0.2) is 0 Å². The zero-order valence-electron chi connectivity index (χ0n) is 19.0. The molecule has 0 spiro atoms. The van der Waals surface area contributed by atoms with Crippen molar-refractivity contribution in [2.24, 2.45) is 5.92 Å². The van der Waals surface area contributed by atoms with Crippen LogP contribution in [0.4, 0.5) is 5.69 Å². The number of anilines is 1. The lowest BCUT2D eigenvalue weighted by Gasteiger charge is -2.33. The minimum Gasteiger partial charge on any atom is -0.355 e. The highest BCUT2D eigenvalue weighted by Crippen LogP contribution is 2.38. The van der Waals surface area contributed by atoms with E-state index in [4.69, 9.17) is 0 Å². The van der Waals surface area contributed by atoms with Crippen LogP contribution in [-0.2, 0) is 0 Å². The lowest BCUT2D eigenvalue weighted by molar-refractivity contribution is 0.367. The molecule has 28 heavy (non-hydrogen) atoms. The Morgan fingerprint density at radius 2 is 1.43 bits per heavy atom. The quantitative estimate of drug-likeness (QED) is 0.544. The first-order valence-electron chi connectivity index (χ1n) is 10.3. The van der Waals surface area contributed by atoms with Crippen LogP contribution >= 0.6 is 0 Å². The Morgan fingerprint density at radius 3 is 1.89 bits per heavy atom. The number of hydrogen-bond donors (Lipinski definition) is 0. The van der Waals surface area contributed by atoms with E-state index in [1.165, 1.54) is 27.9 Å². The van der Waals surface area contributed by atoms with Crippen molar-refractivity contribution < 1.29 is 0 Å². The van der Waals surface area contributed by atoms with Crippen molar-refractivity contribution in [2.75, 3.05) is 11.9 Å². The third-order valence-corrected chi connectivity index (χ3v) is 4.22. The second kappa shape index (κ2) is 11.4. The van der Waals surface area contributed by atoms with Gasteiger partial charge in [0.2, 0.25) is 0 Å². The fourth-order valence-electron chi connectivity index (χ4n) is 3.27. The maximum atomic E-state index is 3.88. The van der Waals surface area contributed by atoms with Gasteiger partial charge in [0.1, 0.15) is 6.17 Å². The molecule has 1 aliphatic rings. The Labute approximate surface area is 173 Å². The zero-order chi connectivity index (χ0) is 21.3. The SMILES string of the molecule is C=Cc1cc(C)c(N2C=CN(C)C2c2ccccc2)c(C)c1.CC.CC(C)C. The van der Waals surface area contributed by atoms with Crippen molar-refractivity contribution in [3.05, 3.63) is 83.7 Å². The summed E-state index contributed by atoms with van der Waals surface area (Å²) in [6.45, 7) is 18.7. The van der Waals surface area contributed by atoms with Crippen LogP contribution in [0.15, 0.2) is 61.4 Å². The lowest BCUT2D eigenvalue weighted by Crippen LogP contribution is -2.29. The summed E-state index contributed by atoms with van der Waals surface area (Å²) in [6, 6.07) is 15.0. The number of rotatable bonds is 3. The maximum Gasteiger partial charge on any atom is 0.131 e. The van der Waals surface area contributed by atoms with Gasteiger partial charge < -0.3 is 9.80 Å². The molecule has 1 atom stereocenters. The van der Waals surface area contributed by atoms with Crippen LogP contribution in [-0.4, -0.2) is 11.9 Å². The molecule has 0 amide bonds. The van der Waals surface area contributed by atoms with E-state index in [0.717, 1.165) is 5.92 Å². The molecule has 0 radical (unpaired) electrons. The smallest absolute Gasteiger partial charge is 0.131 e. The van der Waals surface area contributed by atoms with E-state index in [1.54, 1.807) is 0 Å². The monoisotopic (exact) mass is 378 g/mol. The van der Waals surface area contributed by atoms with Gasteiger partial charge >= 0.3 is 0 Å². The molecule has 0 aromatic heterocycles. The first-order valence-corrected chi connectivity index (χ1v) is 10.3. The van der Waals surface area contributed by atoms with Crippen molar-refractivity contribution in [3.8, 4) is 0 Å². The largest absolute Gasteiger partial charge is 0.355 e. The van der Waals surface area contributed by atoms with Gasteiger partial charge in [-0.3, -0.25) is 0 Å². The van der Waals surface area contributed by atoms with E-state index in [-0.39, 0.29) is 6.17 Å². The summed E-state index contributed by atoms with van der Waals surface area (Å²) >= 11 is 0. The van der Waals surface area contributed by atoms with Crippen LogP contribution in [0.1, 0.15) is 63.0 Å². The highest BCUT2D eigenvalue weighted by atomic mass is 15.4. The lowest BCUT2D eigenvalue weighted by atomic mass is 10.0. The van der Waals surface area contributed by atoms with Crippen LogP contribution in [0.25, 0.3) is 6.08 Å². The number of benzene rings is 2. The molecule has 0 saturated heterocycles. The highest BCUT2D eigenvalue weighted by molar-refractivity contribution is 5.67. The third-order valence-electron chi connectivity index (χ3n) is 4.22. The molecule has 2 aromatic rings. The van der Waals surface area contributed by atoms with E-state index < -0.39 is 0 Å². The summed E-state index contributed by atoms with van der Waals surface area (Å²) in [5, 5.41) is 0. The molecule has 2 aromatic carbocycles. The standard InChI is InChI=1S/C20H22N2.C4H10.C2H6/c1-5-17-13-15(2)19(16(3)14-17)22-12-11-21(4)20(22)18-9-7-6-8-10-18;1-4(2)3;1-2/h5-14,20H,1H2,2-4H3;4H,1-3H3;1-2H3. The summed E-state index contributed by atoms with van der Waals surface area (Å²) in [5.74, 6) is 0.833. The van der Waals surface area contributed by atoms with Crippen LogP contribution in [0, 0.1) is 19.8 Å². The number of aryl methyl sites for hydroxylation is 2. The molecule has 1 heterocycles. The molecular formula is C26H38N2. The second-order valence-corrected chi connectivity index (χ2v) is 7.59. The van der Waals surface area contributed by atoms with Crippen molar-refractivity contribution in [3.63, 3.8) is 0 Å². The average molecular weight is 379 g/mol. The van der Waals surface area contributed by atoms with Gasteiger partial charge in [-0.05, 0) is 54.2 Å². The van der Waals surface area contributed by atoms with Crippen molar-refractivity contribution in [2.45, 2.75) is 54.6 Å². The summed E-state index contributed by atoms with van der Waals surface area (Å²) in [7, 11) is 2.12. The maximum absolute atomic E-state index is 3.88. The first-order chi connectivity index (χ1) is 13.3. The normalized spacial score (nSPS) is 15.0. The highest BCUT2D eigenvalue weighted by Gasteiger charge is 2.28. The van der Waals surface area contributed by atoms with Crippen LogP contribution in [0.2, 0.25) is 0 Å². The van der Waals surface area contributed by atoms with Gasteiger partial charge in [-0.15, -0.1) is 0 Å². The molecule has 0 aliphatic carbocycles. The molecule has 0 saturated carbocycles. The Balaban J connectivity index is 0.000000583. The fraction of sp³-hybridized carbons (Fsp3) is 0.385.